The van der Waals surface area contributed by atoms with Gasteiger partial charge in [-0.2, -0.15) is 0 Å². The lowest BCUT2D eigenvalue weighted by atomic mass is 10.0. The first-order valence-corrected chi connectivity index (χ1v) is 8.96. The summed E-state index contributed by atoms with van der Waals surface area (Å²) in [4.78, 5) is 13.3. The minimum absolute atomic E-state index is 0.0349. The van der Waals surface area contributed by atoms with Gasteiger partial charge in [-0.25, -0.2) is 0 Å². The number of benzene rings is 2. The van der Waals surface area contributed by atoms with Gasteiger partial charge in [0, 0.05) is 15.7 Å². The van der Waals surface area contributed by atoms with Crippen LogP contribution in [0.4, 0.5) is 0 Å². The molecule has 2 aromatic carbocycles. The Morgan fingerprint density at radius 2 is 2.09 bits per heavy atom. The lowest BCUT2D eigenvalue weighted by molar-refractivity contribution is -0.123. The van der Waals surface area contributed by atoms with Crippen LogP contribution < -0.4 is 10.1 Å². The molecule has 1 aliphatic heterocycles. The molecule has 120 valence electrons. The summed E-state index contributed by atoms with van der Waals surface area (Å²) >= 11 is 13.9. The topological polar surface area (TPSA) is 38.3 Å². The number of ether oxygens (including phenoxy) is 1. The highest BCUT2D eigenvalue weighted by Crippen LogP contribution is 2.37. The number of para-hydroxylation sites is 1. The van der Waals surface area contributed by atoms with Crippen molar-refractivity contribution in [3.63, 3.8) is 0 Å². The lowest BCUT2D eigenvalue weighted by Gasteiger charge is -2.26. The Morgan fingerprint density at radius 3 is 2.91 bits per heavy atom. The Bertz CT molecular complexity index is 723. The van der Waals surface area contributed by atoms with E-state index in [0.717, 1.165) is 22.6 Å². The van der Waals surface area contributed by atoms with Crippen LogP contribution in [0.3, 0.4) is 0 Å². The first-order valence-electron chi connectivity index (χ1n) is 7.22. The maximum atomic E-state index is 12.2. The number of nitrogens with one attached hydrogen (secondary N) is 1. The van der Waals surface area contributed by atoms with Crippen LogP contribution in [0.5, 0.6) is 5.75 Å². The molecule has 1 atom stereocenters. The molecule has 0 aliphatic carbocycles. The van der Waals surface area contributed by atoms with E-state index in [0.29, 0.717) is 15.8 Å². The van der Waals surface area contributed by atoms with Crippen LogP contribution in [0.2, 0.25) is 10.0 Å². The third-order valence-electron chi connectivity index (χ3n) is 3.54. The summed E-state index contributed by atoms with van der Waals surface area (Å²) in [6.45, 7) is -0.0662. The SMILES string of the molecule is O=C(COc1ccccc1Cl)NC1CCSc2ccc(Cl)cc21. The van der Waals surface area contributed by atoms with Crippen molar-refractivity contribution in [1.82, 2.24) is 5.32 Å². The van der Waals surface area contributed by atoms with E-state index in [-0.39, 0.29) is 18.6 Å². The lowest BCUT2D eigenvalue weighted by Crippen LogP contribution is -2.34. The van der Waals surface area contributed by atoms with E-state index in [4.69, 9.17) is 27.9 Å². The molecule has 0 radical (unpaired) electrons. The van der Waals surface area contributed by atoms with Gasteiger partial charge in [0.25, 0.3) is 5.91 Å². The minimum Gasteiger partial charge on any atom is -0.482 e. The maximum absolute atomic E-state index is 12.2. The third kappa shape index (κ3) is 4.14. The number of carbonyl (C=O) groups is 1. The maximum Gasteiger partial charge on any atom is 0.258 e. The van der Waals surface area contributed by atoms with E-state index in [1.165, 1.54) is 0 Å². The van der Waals surface area contributed by atoms with Crippen molar-refractivity contribution < 1.29 is 9.53 Å². The molecule has 1 unspecified atom stereocenters. The third-order valence-corrected chi connectivity index (χ3v) is 5.21. The summed E-state index contributed by atoms with van der Waals surface area (Å²) in [6, 6.07) is 12.9. The summed E-state index contributed by atoms with van der Waals surface area (Å²) in [7, 11) is 0. The van der Waals surface area contributed by atoms with Crippen molar-refractivity contribution in [3.8, 4) is 5.75 Å². The van der Waals surface area contributed by atoms with E-state index in [1.54, 1.807) is 23.9 Å². The monoisotopic (exact) mass is 367 g/mol. The number of hydrogen-bond acceptors (Lipinski definition) is 3. The fourth-order valence-electron chi connectivity index (χ4n) is 2.46. The molecule has 1 heterocycles. The van der Waals surface area contributed by atoms with Gasteiger partial charge in [0.2, 0.25) is 0 Å². The number of hydrogen-bond donors (Lipinski definition) is 1. The van der Waals surface area contributed by atoms with E-state index < -0.39 is 0 Å². The molecular weight excluding hydrogens is 353 g/mol. The number of thioether (sulfide) groups is 1. The van der Waals surface area contributed by atoms with E-state index in [9.17, 15) is 4.79 Å². The van der Waals surface area contributed by atoms with E-state index in [1.807, 2.05) is 30.3 Å². The first kappa shape index (κ1) is 16.5. The molecule has 0 aromatic heterocycles. The van der Waals surface area contributed by atoms with Gasteiger partial charge in [-0.1, -0.05) is 35.3 Å². The Morgan fingerprint density at radius 1 is 1.26 bits per heavy atom. The van der Waals surface area contributed by atoms with Crippen molar-refractivity contribution >= 4 is 40.9 Å². The molecule has 1 amide bonds. The smallest absolute Gasteiger partial charge is 0.258 e. The summed E-state index contributed by atoms with van der Waals surface area (Å²) in [5.41, 5.74) is 1.07. The highest BCUT2D eigenvalue weighted by Gasteiger charge is 2.22. The average Bonchev–Trinajstić information content (AvgIpc) is 2.55. The molecule has 3 rings (SSSR count). The number of carbonyl (C=O) groups excluding carboxylic acids is 1. The van der Waals surface area contributed by atoms with Crippen LogP contribution in [0.25, 0.3) is 0 Å². The van der Waals surface area contributed by atoms with Gasteiger partial charge < -0.3 is 10.1 Å². The normalized spacial score (nSPS) is 16.5. The molecule has 0 saturated carbocycles. The zero-order valence-corrected chi connectivity index (χ0v) is 14.5. The van der Waals surface area contributed by atoms with E-state index >= 15 is 0 Å². The van der Waals surface area contributed by atoms with Crippen molar-refractivity contribution in [2.75, 3.05) is 12.4 Å². The first-order chi connectivity index (χ1) is 11.1. The molecule has 1 aliphatic rings. The summed E-state index contributed by atoms with van der Waals surface area (Å²) in [5.74, 6) is 1.30. The highest BCUT2D eigenvalue weighted by atomic mass is 35.5. The van der Waals surface area contributed by atoms with Crippen LogP contribution in [-0.4, -0.2) is 18.3 Å². The molecular formula is C17H15Cl2NO2S. The van der Waals surface area contributed by atoms with Crippen molar-refractivity contribution in [2.24, 2.45) is 0 Å². The zero-order valence-electron chi connectivity index (χ0n) is 12.2. The van der Waals surface area contributed by atoms with Gasteiger partial charge in [0.1, 0.15) is 5.75 Å². The second-order valence-electron chi connectivity index (χ2n) is 5.16. The summed E-state index contributed by atoms with van der Waals surface area (Å²) in [6.07, 6.45) is 0.871. The molecule has 0 fully saturated rings. The Labute approximate surface area is 149 Å². The molecule has 1 N–H and O–H groups in total. The van der Waals surface area contributed by atoms with Crippen molar-refractivity contribution in [1.29, 1.82) is 0 Å². The fourth-order valence-corrected chi connectivity index (χ4v) is 3.93. The van der Waals surface area contributed by atoms with Crippen molar-refractivity contribution in [3.05, 3.63) is 58.1 Å². The van der Waals surface area contributed by atoms with Crippen LogP contribution >= 0.6 is 35.0 Å². The summed E-state index contributed by atoms with van der Waals surface area (Å²) in [5, 5.41) is 4.18. The quantitative estimate of drug-likeness (QED) is 0.848. The van der Waals surface area contributed by atoms with Gasteiger partial charge in [-0.3, -0.25) is 4.79 Å². The van der Waals surface area contributed by atoms with E-state index in [2.05, 4.69) is 5.32 Å². The van der Waals surface area contributed by atoms with Crippen LogP contribution in [0.15, 0.2) is 47.4 Å². The van der Waals surface area contributed by atoms with Gasteiger partial charge in [0.15, 0.2) is 6.61 Å². The standard InChI is InChI=1S/C17H15Cl2NO2S/c18-11-5-6-16-12(9-11)14(7-8-23-16)20-17(21)10-22-15-4-2-1-3-13(15)19/h1-6,9,14H,7-8,10H2,(H,20,21). The highest BCUT2D eigenvalue weighted by molar-refractivity contribution is 7.99. The van der Waals surface area contributed by atoms with Crippen molar-refractivity contribution in [2.45, 2.75) is 17.4 Å². The second kappa shape index (κ2) is 7.47. The Hall–Kier alpha value is -1.36. The molecule has 0 bridgehead atoms. The molecule has 0 saturated heterocycles. The zero-order chi connectivity index (χ0) is 16.2. The largest absolute Gasteiger partial charge is 0.482 e. The van der Waals surface area contributed by atoms with Gasteiger partial charge in [-0.05, 0) is 42.3 Å². The average molecular weight is 368 g/mol. The Balaban J connectivity index is 1.63. The van der Waals surface area contributed by atoms with Gasteiger partial charge in [0.05, 0.1) is 11.1 Å². The number of halogens is 2. The number of amides is 1. The fraction of sp³-hybridized carbons (Fsp3) is 0.235. The predicted octanol–water partition coefficient (Wildman–Crippen LogP) is 4.73. The molecule has 6 heteroatoms. The molecule has 23 heavy (non-hydrogen) atoms. The van der Waals surface area contributed by atoms with Crippen LogP contribution in [-0.2, 0) is 4.79 Å². The molecule has 3 nitrogen and oxygen atoms in total. The summed E-state index contributed by atoms with van der Waals surface area (Å²) < 4.78 is 5.48. The second-order valence-corrected chi connectivity index (χ2v) is 7.14. The Kier molecular flexibility index (Phi) is 5.36. The predicted molar refractivity (Wildman–Crippen MR) is 94.6 cm³/mol. The number of rotatable bonds is 4. The van der Waals surface area contributed by atoms with Crippen LogP contribution in [0, 0.1) is 0 Å². The molecule has 2 aromatic rings. The minimum atomic E-state index is -0.173. The molecule has 0 spiro atoms. The van der Waals surface area contributed by atoms with Gasteiger partial charge in [-0.15, -0.1) is 11.8 Å². The number of fused-ring (bicyclic) bond motifs is 1. The van der Waals surface area contributed by atoms with Gasteiger partial charge >= 0.3 is 0 Å². The van der Waals surface area contributed by atoms with Crippen LogP contribution in [0.1, 0.15) is 18.0 Å².